The highest BCUT2D eigenvalue weighted by Gasteiger charge is 2.23. The minimum Gasteiger partial charge on any atom is -0.335 e. The summed E-state index contributed by atoms with van der Waals surface area (Å²) < 4.78 is 1.37. The smallest absolute Gasteiger partial charge is 0.274 e. The van der Waals surface area contributed by atoms with Crippen molar-refractivity contribution in [3.8, 4) is 0 Å². The van der Waals surface area contributed by atoms with Gasteiger partial charge < -0.3 is 4.90 Å². The molecule has 0 bridgehead atoms. The van der Waals surface area contributed by atoms with E-state index < -0.39 is 0 Å². The molecule has 3 heterocycles. The Morgan fingerprint density at radius 3 is 2.64 bits per heavy atom. The van der Waals surface area contributed by atoms with Gasteiger partial charge in [0.05, 0.1) is 0 Å². The van der Waals surface area contributed by atoms with E-state index in [1.165, 1.54) is 22.4 Å². The molecule has 1 aliphatic rings. The predicted octanol–water partition coefficient (Wildman–Crippen LogP) is 1.01. The van der Waals surface area contributed by atoms with Gasteiger partial charge >= 0.3 is 0 Å². The van der Waals surface area contributed by atoms with Crippen LogP contribution in [0.3, 0.4) is 0 Å². The van der Waals surface area contributed by atoms with Crippen molar-refractivity contribution in [2.24, 2.45) is 0 Å². The molecule has 2 aromatic rings. The summed E-state index contributed by atoms with van der Waals surface area (Å²) in [6.45, 7) is 6.30. The van der Waals surface area contributed by atoms with Gasteiger partial charge in [-0.1, -0.05) is 13.0 Å². The van der Waals surface area contributed by atoms with E-state index in [9.17, 15) is 9.59 Å². The van der Waals surface area contributed by atoms with Crippen LogP contribution in [0.4, 0.5) is 0 Å². The molecule has 1 fully saturated rings. The number of piperazine rings is 1. The number of hydrogen-bond acceptors (Lipinski definition) is 5. The molecule has 7 heteroatoms. The zero-order chi connectivity index (χ0) is 17.6. The lowest BCUT2D eigenvalue weighted by Gasteiger charge is -2.34. The quantitative estimate of drug-likeness (QED) is 0.812. The van der Waals surface area contributed by atoms with Gasteiger partial charge in [0.15, 0.2) is 0 Å². The third kappa shape index (κ3) is 4.30. The fourth-order valence-electron chi connectivity index (χ4n) is 2.96. The summed E-state index contributed by atoms with van der Waals surface area (Å²) in [7, 11) is 0. The summed E-state index contributed by atoms with van der Waals surface area (Å²) in [6.07, 6.45) is 4.45. The Labute approximate surface area is 146 Å². The van der Waals surface area contributed by atoms with Crippen LogP contribution in [0, 0.1) is 0 Å². The standard InChI is InChI=1S/C18H23N5O2/c1-2-8-23-17(24)6-5-16(20-23)18(25)22-11-9-21(10-12-22)14-15-4-3-7-19-13-15/h3-7,13H,2,8-12,14H2,1H3. The molecule has 3 rings (SSSR count). The Bertz CT molecular complexity index is 767. The number of carbonyl (C=O) groups excluding carboxylic acids is 1. The van der Waals surface area contributed by atoms with Crippen molar-refractivity contribution >= 4 is 5.91 Å². The molecule has 0 aromatic carbocycles. The first kappa shape index (κ1) is 17.3. The fraction of sp³-hybridized carbons (Fsp3) is 0.444. The molecule has 2 aromatic heterocycles. The molecule has 25 heavy (non-hydrogen) atoms. The highest BCUT2D eigenvalue weighted by atomic mass is 16.2. The van der Waals surface area contributed by atoms with Crippen LogP contribution in [-0.4, -0.2) is 56.7 Å². The van der Waals surface area contributed by atoms with Crippen LogP contribution in [-0.2, 0) is 13.1 Å². The number of carbonyl (C=O) groups is 1. The molecule has 0 spiro atoms. The Kier molecular flexibility index (Phi) is 5.55. The van der Waals surface area contributed by atoms with Gasteiger partial charge in [-0.25, -0.2) is 4.68 Å². The van der Waals surface area contributed by atoms with Gasteiger partial charge in [0.25, 0.3) is 11.5 Å². The molecule has 1 saturated heterocycles. The van der Waals surface area contributed by atoms with Crippen LogP contribution in [0.2, 0.25) is 0 Å². The molecule has 0 aliphatic carbocycles. The van der Waals surface area contributed by atoms with E-state index in [0.29, 0.717) is 25.3 Å². The van der Waals surface area contributed by atoms with Crippen molar-refractivity contribution in [2.45, 2.75) is 26.4 Å². The van der Waals surface area contributed by atoms with Crippen molar-refractivity contribution in [3.05, 3.63) is 58.3 Å². The Balaban J connectivity index is 1.60. The first-order valence-electron chi connectivity index (χ1n) is 8.66. The molecular formula is C18H23N5O2. The summed E-state index contributed by atoms with van der Waals surface area (Å²) in [6, 6.07) is 6.95. The van der Waals surface area contributed by atoms with Crippen molar-refractivity contribution in [1.29, 1.82) is 0 Å². The Morgan fingerprint density at radius 1 is 1.16 bits per heavy atom. The minimum atomic E-state index is -0.167. The Morgan fingerprint density at radius 2 is 1.96 bits per heavy atom. The third-order valence-corrected chi connectivity index (χ3v) is 4.31. The average molecular weight is 341 g/mol. The van der Waals surface area contributed by atoms with Crippen molar-refractivity contribution < 1.29 is 4.79 Å². The van der Waals surface area contributed by atoms with E-state index in [1.807, 2.05) is 24.1 Å². The number of aromatic nitrogens is 3. The van der Waals surface area contributed by atoms with Gasteiger partial charge in [-0.05, 0) is 24.1 Å². The van der Waals surface area contributed by atoms with Gasteiger partial charge in [0.1, 0.15) is 5.69 Å². The van der Waals surface area contributed by atoms with E-state index in [0.717, 1.165) is 26.1 Å². The largest absolute Gasteiger partial charge is 0.335 e. The molecule has 7 nitrogen and oxygen atoms in total. The highest BCUT2D eigenvalue weighted by molar-refractivity contribution is 5.92. The van der Waals surface area contributed by atoms with E-state index in [4.69, 9.17) is 0 Å². The number of hydrogen-bond donors (Lipinski definition) is 0. The molecule has 1 aliphatic heterocycles. The Hall–Kier alpha value is -2.54. The second-order valence-corrected chi connectivity index (χ2v) is 6.21. The third-order valence-electron chi connectivity index (χ3n) is 4.31. The lowest BCUT2D eigenvalue weighted by atomic mass is 10.2. The molecule has 132 valence electrons. The van der Waals surface area contributed by atoms with Gasteiger partial charge in [0, 0.05) is 57.7 Å². The summed E-state index contributed by atoms with van der Waals surface area (Å²) in [5, 5.41) is 4.22. The summed E-state index contributed by atoms with van der Waals surface area (Å²) >= 11 is 0. The number of amides is 1. The predicted molar refractivity (Wildman–Crippen MR) is 94.2 cm³/mol. The zero-order valence-electron chi connectivity index (χ0n) is 14.5. The monoisotopic (exact) mass is 341 g/mol. The first-order valence-corrected chi connectivity index (χ1v) is 8.66. The molecule has 1 amide bonds. The molecule has 0 unspecified atom stereocenters. The number of pyridine rings is 1. The van der Waals surface area contributed by atoms with Gasteiger partial charge in [-0.2, -0.15) is 5.10 Å². The van der Waals surface area contributed by atoms with Gasteiger partial charge in [-0.3, -0.25) is 19.5 Å². The molecule has 0 saturated carbocycles. The number of aryl methyl sites for hydroxylation is 1. The summed E-state index contributed by atoms with van der Waals surface area (Å²) in [4.78, 5) is 32.6. The normalized spacial score (nSPS) is 15.3. The van der Waals surface area contributed by atoms with Crippen LogP contribution in [0.5, 0.6) is 0 Å². The van der Waals surface area contributed by atoms with Crippen LogP contribution in [0.25, 0.3) is 0 Å². The lowest BCUT2D eigenvalue weighted by Crippen LogP contribution is -2.48. The maximum Gasteiger partial charge on any atom is 0.274 e. The first-order chi connectivity index (χ1) is 12.2. The topological polar surface area (TPSA) is 71.3 Å². The second kappa shape index (κ2) is 8.02. The molecule has 0 radical (unpaired) electrons. The maximum absolute atomic E-state index is 12.7. The average Bonchev–Trinajstić information content (AvgIpc) is 2.65. The van der Waals surface area contributed by atoms with E-state index in [-0.39, 0.29) is 11.5 Å². The molecule has 0 atom stereocenters. The highest BCUT2D eigenvalue weighted by Crippen LogP contribution is 2.10. The van der Waals surface area contributed by atoms with Crippen LogP contribution in [0.15, 0.2) is 41.5 Å². The molecule has 0 N–H and O–H groups in total. The van der Waals surface area contributed by atoms with E-state index in [2.05, 4.69) is 21.0 Å². The fourth-order valence-corrected chi connectivity index (χ4v) is 2.96. The minimum absolute atomic E-state index is 0.106. The summed E-state index contributed by atoms with van der Waals surface area (Å²) in [5.74, 6) is -0.106. The SMILES string of the molecule is CCCn1nc(C(=O)N2CCN(Cc3cccnc3)CC2)ccc1=O. The van der Waals surface area contributed by atoms with E-state index in [1.54, 1.807) is 6.20 Å². The van der Waals surface area contributed by atoms with Crippen molar-refractivity contribution in [3.63, 3.8) is 0 Å². The maximum atomic E-state index is 12.7. The van der Waals surface area contributed by atoms with Crippen molar-refractivity contribution in [1.82, 2.24) is 24.6 Å². The van der Waals surface area contributed by atoms with Crippen LogP contribution in [0.1, 0.15) is 29.4 Å². The lowest BCUT2D eigenvalue weighted by molar-refractivity contribution is 0.0619. The zero-order valence-corrected chi connectivity index (χ0v) is 14.5. The summed E-state index contributed by atoms with van der Waals surface area (Å²) in [5.41, 5.74) is 1.35. The van der Waals surface area contributed by atoms with Gasteiger partial charge in [-0.15, -0.1) is 0 Å². The van der Waals surface area contributed by atoms with Gasteiger partial charge in [0.2, 0.25) is 0 Å². The molecular weight excluding hydrogens is 318 g/mol. The van der Waals surface area contributed by atoms with E-state index >= 15 is 0 Å². The number of nitrogens with zero attached hydrogens (tertiary/aromatic N) is 5. The second-order valence-electron chi connectivity index (χ2n) is 6.21. The van der Waals surface area contributed by atoms with Crippen LogP contribution >= 0.6 is 0 Å². The van der Waals surface area contributed by atoms with Crippen LogP contribution < -0.4 is 5.56 Å². The number of rotatable bonds is 5. The van der Waals surface area contributed by atoms with Crippen molar-refractivity contribution in [2.75, 3.05) is 26.2 Å².